The number of aryl methyl sites for hydroxylation is 1. The van der Waals surface area contributed by atoms with Gasteiger partial charge in [-0.25, -0.2) is 13.4 Å². The van der Waals surface area contributed by atoms with Crippen molar-refractivity contribution in [3.05, 3.63) is 40.3 Å². The lowest BCUT2D eigenvalue weighted by Gasteiger charge is -2.06. The Kier molecular flexibility index (Phi) is 4.77. The summed E-state index contributed by atoms with van der Waals surface area (Å²) in [6.45, 7) is 4.48. The fraction of sp³-hybridized carbons (Fsp3) is 0.357. The Balaban J connectivity index is 1.91. The van der Waals surface area contributed by atoms with Crippen LogP contribution >= 0.6 is 11.3 Å². The van der Waals surface area contributed by atoms with Crippen molar-refractivity contribution in [2.45, 2.75) is 25.2 Å². The normalized spacial score (nSPS) is 11.5. The summed E-state index contributed by atoms with van der Waals surface area (Å²) in [6.07, 6.45) is 2.75. The second-order valence-corrected chi connectivity index (χ2v) is 8.07. The maximum absolute atomic E-state index is 11.7. The second kappa shape index (κ2) is 6.37. The summed E-state index contributed by atoms with van der Waals surface area (Å²) < 4.78 is 23.4. The second-order valence-electron chi connectivity index (χ2n) is 4.47. The minimum absolute atomic E-state index is 0.128. The van der Waals surface area contributed by atoms with Gasteiger partial charge in [-0.3, -0.25) is 0 Å². The summed E-state index contributed by atoms with van der Waals surface area (Å²) in [5, 5.41) is 4.38. The van der Waals surface area contributed by atoms with E-state index in [0.29, 0.717) is 4.90 Å². The Morgan fingerprint density at radius 1 is 1.25 bits per heavy atom. The van der Waals surface area contributed by atoms with Crippen LogP contribution in [-0.2, 0) is 16.3 Å². The first kappa shape index (κ1) is 15.0. The lowest BCUT2D eigenvalue weighted by molar-refractivity contribution is 0.597. The number of benzene rings is 1. The van der Waals surface area contributed by atoms with Crippen molar-refractivity contribution in [2.24, 2.45) is 0 Å². The van der Waals surface area contributed by atoms with Crippen molar-refractivity contribution in [3.8, 4) is 0 Å². The lowest BCUT2D eigenvalue weighted by Crippen LogP contribution is -2.06. The molecule has 2 rings (SSSR count). The van der Waals surface area contributed by atoms with Gasteiger partial charge in [0.25, 0.3) is 0 Å². The molecule has 0 aliphatic heterocycles. The monoisotopic (exact) mass is 310 g/mol. The maximum atomic E-state index is 11.7. The van der Waals surface area contributed by atoms with E-state index in [2.05, 4.69) is 10.3 Å². The molecule has 0 amide bonds. The van der Waals surface area contributed by atoms with Crippen molar-refractivity contribution in [1.82, 2.24) is 4.98 Å². The molecule has 2 aromatic rings. The van der Waals surface area contributed by atoms with E-state index in [9.17, 15) is 8.42 Å². The van der Waals surface area contributed by atoms with E-state index in [4.69, 9.17) is 0 Å². The SMILES string of the molecule is CCS(=O)(=O)c1ccc(NCCc2ncc(C)s2)cc1. The standard InChI is InChI=1S/C14H18N2O2S2/c1-3-20(17,18)13-6-4-12(5-7-13)15-9-8-14-16-10-11(2)19-14/h4-7,10,15H,3,8-9H2,1-2H3. The van der Waals surface area contributed by atoms with Crippen LogP contribution in [0.4, 0.5) is 5.69 Å². The van der Waals surface area contributed by atoms with Crippen molar-refractivity contribution in [3.63, 3.8) is 0 Å². The largest absolute Gasteiger partial charge is 0.385 e. The number of nitrogens with one attached hydrogen (secondary N) is 1. The zero-order chi connectivity index (χ0) is 14.6. The zero-order valence-electron chi connectivity index (χ0n) is 11.6. The number of nitrogens with zero attached hydrogens (tertiary/aromatic N) is 1. The molecule has 6 heteroatoms. The molecule has 108 valence electrons. The van der Waals surface area contributed by atoms with Gasteiger partial charge in [-0.15, -0.1) is 11.3 Å². The summed E-state index contributed by atoms with van der Waals surface area (Å²) in [5.41, 5.74) is 0.924. The summed E-state index contributed by atoms with van der Waals surface area (Å²) in [6, 6.07) is 6.90. The molecule has 1 aromatic heterocycles. The summed E-state index contributed by atoms with van der Waals surface area (Å²) >= 11 is 1.70. The molecule has 0 aliphatic rings. The molecule has 0 aliphatic carbocycles. The highest BCUT2D eigenvalue weighted by molar-refractivity contribution is 7.91. The average Bonchev–Trinajstić information content (AvgIpc) is 2.85. The number of anilines is 1. The highest BCUT2D eigenvalue weighted by Crippen LogP contribution is 2.16. The molecule has 0 unspecified atom stereocenters. The van der Waals surface area contributed by atoms with Crippen LogP contribution in [-0.4, -0.2) is 25.7 Å². The first-order chi connectivity index (χ1) is 9.51. The fourth-order valence-electron chi connectivity index (χ4n) is 1.78. The van der Waals surface area contributed by atoms with Gasteiger partial charge in [0.15, 0.2) is 9.84 Å². The van der Waals surface area contributed by atoms with E-state index in [1.807, 2.05) is 13.1 Å². The third-order valence-electron chi connectivity index (χ3n) is 2.93. The molecular weight excluding hydrogens is 292 g/mol. The number of hydrogen-bond acceptors (Lipinski definition) is 5. The van der Waals surface area contributed by atoms with Crippen LogP contribution < -0.4 is 5.32 Å². The Bertz CT molecular complexity index is 661. The maximum Gasteiger partial charge on any atom is 0.178 e. The quantitative estimate of drug-likeness (QED) is 0.891. The summed E-state index contributed by atoms with van der Waals surface area (Å²) in [4.78, 5) is 5.90. The van der Waals surface area contributed by atoms with Crippen LogP contribution in [0.1, 0.15) is 16.8 Å². The van der Waals surface area contributed by atoms with Crippen molar-refractivity contribution < 1.29 is 8.42 Å². The van der Waals surface area contributed by atoms with Crippen molar-refractivity contribution >= 4 is 26.9 Å². The van der Waals surface area contributed by atoms with Gasteiger partial charge in [0.1, 0.15) is 0 Å². The molecular formula is C14H18N2O2S2. The van der Waals surface area contributed by atoms with Gasteiger partial charge in [0, 0.05) is 29.7 Å². The number of hydrogen-bond donors (Lipinski definition) is 1. The molecule has 0 radical (unpaired) electrons. The van der Waals surface area contributed by atoms with Gasteiger partial charge < -0.3 is 5.32 Å². The van der Waals surface area contributed by atoms with Crippen LogP contribution in [0.25, 0.3) is 0 Å². The van der Waals surface area contributed by atoms with Crippen LogP contribution in [0.5, 0.6) is 0 Å². The van der Waals surface area contributed by atoms with Gasteiger partial charge in [-0.2, -0.15) is 0 Å². The van der Waals surface area contributed by atoms with E-state index < -0.39 is 9.84 Å². The van der Waals surface area contributed by atoms with Gasteiger partial charge in [0.05, 0.1) is 15.7 Å². The first-order valence-electron chi connectivity index (χ1n) is 6.49. The smallest absolute Gasteiger partial charge is 0.178 e. The number of sulfone groups is 1. The highest BCUT2D eigenvalue weighted by Gasteiger charge is 2.10. The number of rotatable bonds is 6. The molecule has 1 heterocycles. The average molecular weight is 310 g/mol. The fourth-order valence-corrected chi connectivity index (χ4v) is 3.45. The Morgan fingerprint density at radius 2 is 1.95 bits per heavy atom. The zero-order valence-corrected chi connectivity index (χ0v) is 13.2. The van der Waals surface area contributed by atoms with Gasteiger partial charge in [0.2, 0.25) is 0 Å². The van der Waals surface area contributed by atoms with E-state index in [0.717, 1.165) is 23.7 Å². The van der Waals surface area contributed by atoms with Crippen LogP contribution in [0, 0.1) is 6.92 Å². The van der Waals surface area contributed by atoms with Crippen LogP contribution in [0.2, 0.25) is 0 Å². The Hall–Kier alpha value is -1.40. The molecule has 1 aromatic carbocycles. The number of aromatic nitrogens is 1. The van der Waals surface area contributed by atoms with E-state index in [-0.39, 0.29) is 5.75 Å². The first-order valence-corrected chi connectivity index (χ1v) is 8.96. The highest BCUT2D eigenvalue weighted by atomic mass is 32.2. The molecule has 0 saturated heterocycles. The molecule has 1 N–H and O–H groups in total. The topological polar surface area (TPSA) is 59.1 Å². The van der Waals surface area contributed by atoms with E-state index in [1.165, 1.54) is 4.88 Å². The third-order valence-corrected chi connectivity index (χ3v) is 5.65. The van der Waals surface area contributed by atoms with Gasteiger partial charge in [-0.1, -0.05) is 6.92 Å². The Morgan fingerprint density at radius 3 is 2.50 bits per heavy atom. The third kappa shape index (κ3) is 3.80. The van der Waals surface area contributed by atoms with E-state index in [1.54, 1.807) is 42.5 Å². The summed E-state index contributed by atoms with van der Waals surface area (Å²) in [5.74, 6) is 0.128. The predicted molar refractivity (Wildman–Crippen MR) is 83.2 cm³/mol. The van der Waals surface area contributed by atoms with Crippen molar-refractivity contribution in [1.29, 1.82) is 0 Å². The van der Waals surface area contributed by atoms with Crippen molar-refractivity contribution in [2.75, 3.05) is 17.6 Å². The molecule has 0 fully saturated rings. The minimum atomic E-state index is -3.11. The number of thiazole rings is 1. The minimum Gasteiger partial charge on any atom is -0.385 e. The van der Waals surface area contributed by atoms with Crippen LogP contribution in [0.3, 0.4) is 0 Å². The molecule has 0 bridgehead atoms. The molecule has 20 heavy (non-hydrogen) atoms. The molecule has 0 spiro atoms. The molecule has 4 nitrogen and oxygen atoms in total. The van der Waals surface area contributed by atoms with Crippen LogP contribution in [0.15, 0.2) is 35.4 Å². The molecule has 0 atom stereocenters. The van der Waals surface area contributed by atoms with Gasteiger partial charge >= 0.3 is 0 Å². The molecule has 0 saturated carbocycles. The predicted octanol–water partition coefficient (Wildman–Crippen LogP) is 2.90. The summed E-state index contributed by atoms with van der Waals surface area (Å²) in [7, 11) is -3.11. The van der Waals surface area contributed by atoms with Gasteiger partial charge in [-0.05, 0) is 31.2 Å². The lowest BCUT2D eigenvalue weighted by atomic mass is 10.3. The van der Waals surface area contributed by atoms with E-state index >= 15 is 0 Å². The Labute approximate surface area is 123 Å².